The zero-order valence-corrected chi connectivity index (χ0v) is 33.2. The fourth-order valence-corrected chi connectivity index (χ4v) is 8.97. The number of thioether (sulfide) groups is 1. The molecule has 5 aromatic carbocycles. The van der Waals surface area contributed by atoms with Gasteiger partial charge in [0.1, 0.15) is 12.4 Å². The molecule has 1 amide bonds. The lowest BCUT2D eigenvalue weighted by Gasteiger charge is -2.41. The van der Waals surface area contributed by atoms with Gasteiger partial charge < -0.3 is 19.9 Å². The number of carbonyl (C=O) groups is 1. The van der Waals surface area contributed by atoms with Gasteiger partial charge in [-0.25, -0.2) is 13.4 Å². The lowest BCUT2D eigenvalue weighted by molar-refractivity contribution is -0.268. The van der Waals surface area contributed by atoms with Crippen LogP contribution in [0.25, 0.3) is 11.1 Å². The van der Waals surface area contributed by atoms with Gasteiger partial charge in [-0.05, 0) is 58.9 Å². The molecule has 5 atom stereocenters. The largest absolute Gasteiger partial charge is 0.392 e. The maximum absolute atomic E-state index is 13.8. The Morgan fingerprint density at radius 2 is 1.56 bits per heavy atom. The number of aliphatic hydroxyl groups is 1. The first kappa shape index (κ1) is 40.1. The van der Waals surface area contributed by atoms with Gasteiger partial charge in [0.2, 0.25) is 15.9 Å². The third-order valence-electron chi connectivity index (χ3n) is 10.1. The number of aromatic amines is 1. The van der Waals surface area contributed by atoms with E-state index in [9.17, 15) is 18.3 Å². The SMILES string of the molecule is Cc1ccc(S(=O)(=O)NC(Cc2ccccc2)C(=O)NCc2ccccc2-c2ccc(C3OC(CSc4ncn[nH]4)C(C)C(c4ccc(CO)cc4)O3)cc2)cc1. The minimum absolute atomic E-state index is 0.0169. The van der Waals surface area contributed by atoms with Crippen molar-refractivity contribution in [1.82, 2.24) is 25.2 Å². The smallest absolute Gasteiger partial charge is 0.241 e. The number of benzene rings is 5. The Labute approximate surface area is 337 Å². The topological polar surface area (TPSA) is 156 Å². The summed E-state index contributed by atoms with van der Waals surface area (Å²) in [5.41, 5.74) is 7.18. The first-order valence-electron chi connectivity index (χ1n) is 18.7. The highest BCUT2D eigenvalue weighted by molar-refractivity contribution is 7.99. The summed E-state index contributed by atoms with van der Waals surface area (Å²) in [5.74, 6) is 0.221. The number of hydrogen-bond acceptors (Lipinski definition) is 9. The lowest BCUT2D eigenvalue weighted by atomic mass is 9.91. The zero-order chi connectivity index (χ0) is 39.8. The van der Waals surface area contributed by atoms with Gasteiger partial charge in [0.15, 0.2) is 11.4 Å². The number of ether oxygens (including phenoxy) is 2. The molecule has 57 heavy (non-hydrogen) atoms. The van der Waals surface area contributed by atoms with Crippen molar-refractivity contribution in [3.8, 4) is 11.1 Å². The molecule has 7 rings (SSSR count). The molecule has 2 heterocycles. The molecule has 4 N–H and O–H groups in total. The van der Waals surface area contributed by atoms with Crippen LogP contribution in [0.5, 0.6) is 0 Å². The summed E-state index contributed by atoms with van der Waals surface area (Å²) in [4.78, 5) is 18.1. The minimum atomic E-state index is -3.98. The molecule has 0 radical (unpaired) electrons. The van der Waals surface area contributed by atoms with Crippen LogP contribution in [-0.4, -0.2) is 52.5 Å². The van der Waals surface area contributed by atoms with Gasteiger partial charge >= 0.3 is 0 Å². The number of aromatic nitrogens is 3. The highest BCUT2D eigenvalue weighted by atomic mass is 32.2. The molecule has 294 valence electrons. The average Bonchev–Trinajstić information content (AvgIpc) is 3.77. The standard InChI is InChI=1S/C44H45N5O6S2/c1-29-12-22-37(23-13-29)57(52,53)49-39(24-31-8-4-3-5-9-31)42(51)45-25-36-10-6-7-11-38(36)33-18-20-35(21-19-33)43-54-40(27-56-44-46-28-47-48-44)30(2)41(55-43)34-16-14-32(26-50)15-17-34/h3-23,28,30,39-41,43,49-50H,24-27H2,1-2H3,(H,45,51)(H,46,47,48). The molecule has 1 aromatic heterocycles. The summed E-state index contributed by atoms with van der Waals surface area (Å²) in [6.07, 6.45) is 0.599. The van der Waals surface area contributed by atoms with E-state index in [-0.39, 0.29) is 42.6 Å². The van der Waals surface area contributed by atoms with Crippen LogP contribution >= 0.6 is 11.8 Å². The number of nitrogens with one attached hydrogen (secondary N) is 3. The maximum Gasteiger partial charge on any atom is 0.241 e. The van der Waals surface area contributed by atoms with E-state index in [1.807, 2.05) is 110 Å². The lowest BCUT2D eigenvalue weighted by Crippen LogP contribution is -2.47. The molecule has 1 aliphatic heterocycles. The van der Waals surface area contributed by atoms with E-state index in [0.717, 1.165) is 44.5 Å². The Morgan fingerprint density at radius 3 is 2.26 bits per heavy atom. The minimum Gasteiger partial charge on any atom is -0.392 e. The molecule has 13 heteroatoms. The van der Waals surface area contributed by atoms with Crippen LogP contribution in [0.15, 0.2) is 144 Å². The van der Waals surface area contributed by atoms with Crippen molar-refractivity contribution in [3.63, 3.8) is 0 Å². The number of rotatable bonds is 15. The van der Waals surface area contributed by atoms with Gasteiger partial charge in [0.25, 0.3) is 0 Å². The van der Waals surface area contributed by atoms with Crippen molar-refractivity contribution in [3.05, 3.63) is 167 Å². The fourth-order valence-electron chi connectivity index (χ4n) is 6.83. The first-order chi connectivity index (χ1) is 27.7. The van der Waals surface area contributed by atoms with Gasteiger partial charge in [-0.2, -0.15) is 9.82 Å². The van der Waals surface area contributed by atoms with Crippen molar-refractivity contribution in [1.29, 1.82) is 0 Å². The number of sulfonamides is 1. The molecule has 1 aliphatic rings. The molecule has 6 aromatic rings. The highest BCUT2D eigenvalue weighted by Crippen LogP contribution is 2.43. The summed E-state index contributed by atoms with van der Waals surface area (Å²) in [5, 5.41) is 20.2. The number of carbonyl (C=O) groups excluding carboxylic acids is 1. The van der Waals surface area contributed by atoms with Crippen molar-refractivity contribution < 1.29 is 27.8 Å². The van der Waals surface area contributed by atoms with Gasteiger partial charge in [0, 0.05) is 23.8 Å². The maximum atomic E-state index is 13.8. The van der Waals surface area contributed by atoms with Crippen LogP contribution in [0.2, 0.25) is 0 Å². The molecule has 0 saturated carbocycles. The van der Waals surface area contributed by atoms with Gasteiger partial charge in [-0.1, -0.05) is 140 Å². The second-order valence-electron chi connectivity index (χ2n) is 14.1. The molecule has 1 fully saturated rings. The van der Waals surface area contributed by atoms with E-state index in [4.69, 9.17) is 9.47 Å². The average molecular weight is 804 g/mol. The zero-order valence-electron chi connectivity index (χ0n) is 31.6. The summed E-state index contributed by atoms with van der Waals surface area (Å²) in [6.45, 7) is 4.16. The Kier molecular flexibility index (Phi) is 12.9. The molecular weight excluding hydrogens is 759 g/mol. The Morgan fingerprint density at radius 1 is 0.860 bits per heavy atom. The first-order valence-corrected chi connectivity index (χ1v) is 21.2. The quantitative estimate of drug-likeness (QED) is 0.0799. The van der Waals surface area contributed by atoms with Crippen LogP contribution < -0.4 is 10.0 Å². The van der Waals surface area contributed by atoms with E-state index < -0.39 is 28.3 Å². The van der Waals surface area contributed by atoms with Crippen LogP contribution in [-0.2, 0) is 43.9 Å². The predicted molar refractivity (Wildman–Crippen MR) is 219 cm³/mol. The van der Waals surface area contributed by atoms with Crippen LogP contribution in [0.4, 0.5) is 0 Å². The Bertz CT molecular complexity index is 2330. The molecule has 0 bridgehead atoms. The van der Waals surface area contributed by atoms with Crippen molar-refractivity contribution in [2.75, 3.05) is 5.75 Å². The van der Waals surface area contributed by atoms with E-state index in [2.05, 4.69) is 32.1 Å². The number of nitrogens with zero attached hydrogens (tertiary/aromatic N) is 2. The van der Waals surface area contributed by atoms with E-state index in [1.54, 1.807) is 23.9 Å². The Balaban J connectivity index is 1.08. The number of aryl methyl sites for hydroxylation is 1. The van der Waals surface area contributed by atoms with E-state index in [1.165, 1.54) is 18.5 Å². The second-order valence-corrected chi connectivity index (χ2v) is 16.8. The number of amides is 1. The summed E-state index contributed by atoms with van der Waals surface area (Å²) < 4.78 is 42.7. The van der Waals surface area contributed by atoms with E-state index >= 15 is 0 Å². The van der Waals surface area contributed by atoms with Crippen LogP contribution in [0, 0.1) is 12.8 Å². The monoisotopic (exact) mass is 803 g/mol. The third-order valence-corrected chi connectivity index (χ3v) is 12.5. The van der Waals surface area contributed by atoms with Crippen molar-refractivity contribution in [2.45, 2.75) is 68.0 Å². The second kappa shape index (κ2) is 18.4. The van der Waals surface area contributed by atoms with Crippen LogP contribution in [0.1, 0.15) is 52.7 Å². The fraction of sp³-hybridized carbons (Fsp3) is 0.250. The molecule has 5 unspecified atom stereocenters. The molecular formula is C44H45N5O6S2. The normalized spacial score (nSPS) is 18.9. The molecule has 0 spiro atoms. The van der Waals surface area contributed by atoms with Gasteiger partial charge in [0.05, 0.1) is 23.7 Å². The highest BCUT2D eigenvalue weighted by Gasteiger charge is 2.38. The summed E-state index contributed by atoms with van der Waals surface area (Å²) in [7, 11) is -3.98. The molecule has 11 nitrogen and oxygen atoms in total. The summed E-state index contributed by atoms with van der Waals surface area (Å²) in [6, 6.07) is 38.5. The summed E-state index contributed by atoms with van der Waals surface area (Å²) >= 11 is 1.54. The number of aliphatic hydroxyl groups excluding tert-OH is 1. The van der Waals surface area contributed by atoms with Crippen LogP contribution in [0.3, 0.4) is 0 Å². The number of H-pyrrole nitrogens is 1. The molecule has 1 saturated heterocycles. The van der Waals surface area contributed by atoms with Gasteiger partial charge in [-0.3, -0.25) is 9.89 Å². The van der Waals surface area contributed by atoms with Gasteiger partial charge in [-0.15, -0.1) is 0 Å². The molecule has 0 aliphatic carbocycles. The predicted octanol–water partition coefficient (Wildman–Crippen LogP) is 7.06. The van der Waals surface area contributed by atoms with E-state index in [0.29, 0.717) is 10.9 Å². The number of hydrogen-bond donors (Lipinski definition) is 4. The van der Waals surface area contributed by atoms with Crippen molar-refractivity contribution in [2.24, 2.45) is 5.92 Å². The third kappa shape index (κ3) is 10.1. The van der Waals surface area contributed by atoms with Crippen molar-refractivity contribution >= 4 is 27.7 Å². The Hall–Kier alpha value is -5.15.